The number of aromatic nitrogens is 3. The Morgan fingerprint density at radius 3 is 2.88 bits per heavy atom. The number of thiazole rings is 1. The Kier molecular flexibility index (Phi) is 5.08. The number of rotatable bonds is 6. The first kappa shape index (κ1) is 17.1. The number of hydrogen-bond acceptors (Lipinski definition) is 7. The van der Waals surface area contributed by atoms with Gasteiger partial charge in [0, 0.05) is 10.9 Å². The van der Waals surface area contributed by atoms with Crippen molar-refractivity contribution in [2.24, 2.45) is 0 Å². The Balaban J connectivity index is 1.62. The highest BCUT2D eigenvalue weighted by Crippen LogP contribution is 2.17. The molecule has 2 aromatic heterocycles. The average molecular weight is 358 g/mol. The van der Waals surface area contributed by atoms with E-state index in [1.54, 1.807) is 49.4 Å². The first-order valence-corrected chi connectivity index (χ1v) is 8.64. The monoisotopic (exact) mass is 358 g/mol. The second-order valence-electron chi connectivity index (χ2n) is 5.55. The quantitative estimate of drug-likeness (QED) is 0.728. The van der Waals surface area contributed by atoms with Crippen molar-refractivity contribution in [3.05, 3.63) is 57.6 Å². The van der Waals surface area contributed by atoms with Crippen LogP contribution in [0.5, 0.6) is 5.75 Å². The zero-order chi connectivity index (χ0) is 17.8. The molecule has 8 heteroatoms. The molecule has 0 saturated heterocycles. The van der Waals surface area contributed by atoms with Crippen molar-refractivity contribution in [2.45, 2.75) is 33.4 Å². The van der Waals surface area contributed by atoms with Crippen molar-refractivity contribution < 1.29 is 14.1 Å². The number of benzene rings is 1. The summed E-state index contributed by atoms with van der Waals surface area (Å²) in [4.78, 5) is 20.9. The molecule has 3 rings (SSSR count). The highest BCUT2D eigenvalue weighted by molar-refractivity contribution is 7.09. The Hall–Kier alpha value is -2.74. The molecule has 0 fully saturated rings. The molecule has 25 heavy (non-hydrogen) atoms. The summed E-state index contributed by atoms with van der Waals surface area (Å²) in [6.07, 6.45) is 0. The minimum atomic E-state index is -0.378. The lowest BCUT2D eigenvalue weighted by Crippen LogP contribution is -2.26. The Labute approximate surface area is 149 Å². The number of carbonyl (C=O) groups excluding carboxylic acids is 1. The van der Waals surface area contributed by atoms with Crippen LogP contribution in [0.2, 0.25) is 0 Å². The molecule has 3 aromatic rings. The molecule has 0 aliphatic heterocycles. The lowest BCUT2D eigenvalue weighted by Gasteiger charge is -2.11. The maximum atomic E-state index is 12.4. The van der Waals surface area contributed by atoms with E-state index in [0.717, 1.165) is 10.7 Å². The van der Waals surface area contributed by atoms with Crippen molar-refractivity contribution in [1.82, 2.24) is 20.4 Å². The fourth-order valence-corrected chi connectivity index (χ4v) is 2.79. The number of amides is 1. The van der Waals surface area contributed by atoms with E-state index >= 15 is 0 Å². The third kappa shape index (κ3) is 4.42. The number of hydrogen-bond donors (Lipinski definition) is 1. The van der Waals surface area contributed by atoms with E-state index in [9.17, 15) is 4.79 Å². The van der Waals surface area contributed by atoms with Crippen LogP contribution in [0.25, 0.3) is 0 Å². The topological polar surface area (TPSA) is 90.1 Å². The van der Waals surface area contributed by atoms with Crippen LogP contribution in [0.1, 0.15) is 45.7 Å². The first-order chi connectivity index (χ1) is 12.0. The normalized spacial score (nSPS) is 12.0. The van der Waals surface area contributed by atoms with Gasteiger partial charge in [0.25, 0.3) is 5.91 Å². The molecule has 0 aliphatic carbocycles. The van der Waals surface area contributed by atoms with Gasteiger partial charge in [0.2, 0.25) is 5.89 Å². The fraction of sp³-hybridized carbons (Fsp3) is 0.294. The lowest BCUT2D eigenvalue weighted by molar-refractivity contribution is 0.0932. The molecule has 1 unspecified atom stereocenters. The van der Waals surface area contributed by atoms with Gasteiger partial charge in [0.1, 0.15) is 18.4 Å². The van der Waals surface area contributed by atoms with Crippen LogP contribution < -0.4 is 10.1 Å². The van der Waals surface area contributed by atoms with Crippen LogP contribution in [0.3, 0.4) is 0 Å². The molecule has 7 nitrogen and oxygen atoms in total. The number of carbonyl (C=O) groups is 1. The highest BCUT2D eigenvalue weighted by Gasteiger charge is 2.17. The minimum Gasteiger partial charge on any atom is -0.487 e. The molecule has 0 saturated carbocycles. The summed E-state index contributed by atoms with van der Waals surface area (Å²) < 4.78 is 10.8. The van der Waals surface area contributed by atoms with Gasteiger partial charge in [0.15, 0.2) is 5.82 Å². The molecule has 1 aromatic carbocycles. The van der Waals surface area contributed by atoms with Gasteiger partial charge in [-0.15, -0.1) is 11.3 Å². The molecular weight excluding hydrogens is 340 g/mol. The number of aryl methyl sites for hydroxylation is 2. The van der Waals surface area contributed by atoms with E-state index in [2.05, 4.69) is 20.4 Å². The summed E-state index contributed by atoms with van der Waals surface area (Å²) in [7, 11) is 0. The smallest absolute Gasteiger partial charge is 0.252 e. The second kappa shape index (κ2) is 7.43. The maximum Gasteiger partial charge on any atom is 0.252 e. The van der Waals surface area contributed by atoms with Crippen LogP contribution in [0, 0.1) is 13.8 Å². The summed E-state index contributed by atoms with van der Waals surface area (Å²) in [6, 6.07) is 6.62. The molecule has 0 radical (unpaired) electrons. The van der Waals surface area contributed by atoms with Crippen molar-refractivity contribution in [3.8, 4) is 5.75 Å². The molecular formula is C17H18N4O3S. The highest BCUT2D eigenvalue weighted by atomic mass is 32.1. The van der Waals surface area contributed by atoms with Gasteiger partial charge in [-0.3, -0.25) is 4.79 Å². The zero-order valence-corrected chi connectivity index (χ0v) is 15.0. The Bertz CT molecular complexity index is 874. The largest absolute Gasteiger partial charge is 0.487 e. The fourth-order valence-electron chi connectivity index (χ4n) is 2.19. The Morgan fingerprint density at radius 1 is 1.36 bits per heavy atom. The molecule has 1 N–H and O–H groups in total. The van der Waals surface area contributed by atoms with E-state index in [1.807, 2.05) is 12.3 Å². The lowest BCUT2D eigenvalue weighted by atomic mass is 10.2. The number of ether oxygens (including phenoxy) is 1. The molecule has 2 heterocycles. The molecule has 1 amide bonds. The van der Waals surface area contributed by atoms with Gasteiger partial charge in [-0.1, -0.05) is 11.2 Å². The minimum absolute atomic E-state index is 0.238. The summed E-state index contributed by atoms with van der Waals surface area (Å²) >= 11 is 1.58. The van der Waals surface area contributed by atoms with Crippen LogP contribution in [-0.4, -0.2) is 21.0 Å². The van der Waals surface area contributed by atoms with Gasteiger partial charge in [-0.2, -0.15) is 4.98 Å². The van der Waals surface area contributed by atoms with Crippen molar-refractivity contribution in [1.29, 1.82) is 0 Å². The molecule has 1 atom stereocenters. The van der Waals surface area contributed by atoms with Crippen LogP contribution in [0.15, 0.2) is 34.2 Å². The number of nitrogens with one attached hydrogen (secondary N) is 1. The summed E-state index contributed by atoms with van der Waals surface area (Å²) in [5, 5.41) is 9.51. The zero-order valence-electron chi connectivity index (χ0n) is 14.1. The predicted octanol–water partition coefficient (Wildman–Crippen LogP) is 3.21. The second-order valence-corrected chi connectivity index (χ2v) is 6.61. The van der Waals surface area contributed by atoms with E-state index < -0.39 is 0 Å². The van der Waals surface area contributed by atoms with Gasteiger partial charge < -0.3 is 14.6 Å². The molecule has 0 spiro atoms. The third-order valence-corrected chi connectivity index (χ3v) is 4.23. The van der Waals surface area contributed by atoms with E-state index in [-0.39, 0.29) is 11.9 Å². The van der Waals surface area contributed by atoms with Crippen molar-refractivity contribution in [2.75, 3.05) is 0 Å². The van der Waals surface area contributed by atoms with Crippen molar-refractivity contribution in [3.63, 3.8) is 0 Å². The Morgan fingerprint density at radius 2 is 2.20 bits per heavy atom. The van der Waals surface area contributed by atoms with Gasteiger partial charge in [0.05, 0.1) is 10.7 Å². The molecule has 130 valence electrons. The molecule has 0 aliphatic rings. The van der Waals surface area contributed by atoms with Gasteiger partial charge >= 0.3 is 0 Å². The van der Waals surface area contributed by atoms with Crippen LogP contribution >= 0.6 is 11.3 Å². The maximum absolute atomic E-state index is 12.4. The van der Waals surface area contributed by atoms with Crippen LogP contribution in [-0.2, 0) is 6.61 Å². The van der Waals surface area contributed by atoms with Gasteiger partial charge in [-0.25, -0.2) is 4.98 Å². The summed E-state index contributed by atoms with van der Waals surface area (Å²) in [5.41, 5.74) is 1.37. The average Bonchev–Trinajstić information content (AvgIpc) is 3.21. The summed E-state index contributed by atoms with van der Waals surface area (Å²) in [5.74, 6) is 1.28. The van der Waals surface area contributed by atoms with E-state index in [0.29, 0.717) is 29.6 Å². The van der Waals surface area contributed by atoms with E-state index in [4.69, 9.17) is 9.26 Å². The summed E-state index contributed by atoms with van der Waals surface area (Å²) in [6.45, 7) is 5.83. The SMILES string of the molecule is Cc1noc(C(C)NC(=O)c2cccc(OCc3csc(C)n3)c2)n1. The van der Waals surface area contributed by atoms with Crippen molar-refractivity contribution >= 4 is 17.2 Å². The standard InChI is InChI=1S/C17H18N4O3S/c1-10(17-19-11(2)21-24-17)18-16(22)13-5-4-6-15(7-13)23-8-14-9-25-12(3)20-14/h4-7,9-10H,8H2,1-3H3,(H,18,22). The van der Waals surface area contributed by atoms with Crippen LogP contribution in [0.4, 0.5) is 0 Å². The first-order valence-electron chi connectivity index (χ1n) is 7.76. The number of nitrogens with zero attached hydrogens (tertiary/aromatic N) is 3. The van der Waals surface area contributed by atoms with Gasteiger partial charge in [-0.05, 0) is 39.0 Å². The molecule has 0 bridgehead atoms. The third-order valence-electron chi connectivity index (χ3n) is 3.41. The van der Waals surface area contributed by atoms with E-state index in [1.165, 1.54) is 0 Å². The predicted molar refractivity (Wildman–Crippen MR) is 92.5 cm³/mol.